The largest absolute Gasteiger partial charge is 0.205 e. The predicted molar refractivity (Wildman–Crippen MR) is 118 cm³/mol. The summed E-state index contributed by atoms with van der Waals surface area (Å²) in [5.74, 6) is 0.712. The first-order chi connectivity index (χ1) is 13.5. The fourth-order valence-corrected chi connectivity index (χ4v) is 6.22. The van der Waals surface area contributed by atoms with E-state index in [1.165, 1.54) is 48.9 Å². The normalized spacial score (nSPS) is 26.2. The molecule has 0 spiro atoms. The van der Waals surface area contributed by atoms with Crippen molar-refractivity contribution in [1.82, 2.24) is 0 Å². The van der Waals surface area contributed by atoms with Gasteiger partial charge in [0.2, 0.25) is 5.69 Å². The molecule has 0 bridgehead atoms. The van der Waals surface area contributed by atoms with Crippen molar-refractivity contribution < 1.29 is 4.58 Å². The maximum atomic E-state index is 2.62. The van der Waals surface area contributed by atoms with Crippen LogP contribution in [0.4, 0.5) is 5.69 Å². The second-order valence-corrected chi connectivity index (χ2v) is 9.58. The van der Waals surface area contributed by atoms with Gasteiger partial charge in [0.15, 0.2) is 11.8 Å². The standard InChI is InChI=1S/C27H32N/c1-20-13-16-23(17-14-20)28-19-27(22-10-5-4-6-11-22)24-12-8-7-9-21(24)15-18-25(27)26(28,2)3/h7-9,12-14,16-19,22H,4-6,10-11,15H2,1-3H3/q+1/t27-/m1/s1. The molecule has 1 nitrogen and oxygen atoms in total. The number of hydrogen-bond acceptors (Lipinski definition) is 0. The van der Waals surface area contributed by atoms with E-state index in [4.69, 9.17) is 0 Å². The number of allylic oxidation sites excluding steroid dienone is 1. The second-order valence-electron chi connectivity index (χ2n) is 9.58. The van der Waals surface area contributed by atoms with Crippen molar-refractivity contribution in [3.8, 4) is 0 Å². The maximum absolute atomic E-state index is 2.62. The number of rotatable bonds is 2. The number of aryl methyl sites for hydroxylation is 1. The van der Waals surface area contributed by atoms with Crippen LogP contribution in [0.2, 0.25) is 0 Å². The smallest absolute Gasteiger partial charge is 0.193 e. The van der Waals surface area contributed by atoms with Gasteiger partial charge in [-0.25, -0.2) is 0 Å². The first-order valence-corrected chi connectivity index (χ1v) is 11.0. The molecule has 0 N–H and O–H groups in total. The van der Waals surface area contributed by atoms with E-state index in [0.717, 1.165) is 6.42 Å². The Labute approximate surface area is 169 Å². The first-order valence-electron chi connectivity index (χ1n) is 11.0. The second kappa shape index (κ2) is 6.44. The fourth-order valence-electron chi connectivity index (χ4n) is 6.22. The Morgan fingerprint density at radius 1 is 0.893 bits per heavy atom. The fraction of sp³-hybridized carbons (Fsp3) is 0.444. The minimum Gasteiger partial charge on any atom is -0.193 e. The van der Waals surface area contributed by atoms with Crippen LogP contribution in [0.3, 0.4) is 0 Å². The van der Waals surface area contributed by atoms with Crippen molar-refractivity contribution in [2.75, 3.05) is 0 Å². The molecule has 0 aromatic heterocycles. The van der Waals surface area contributed by atoms with Gasteiger partial charge in [0.25, 0.3) is 0 Å². The molecule has 2 aliphatic carbocycles. The topological polar surface area (TPSA) is 3.01 Å². The molecule has 0 saturated heterocycles. The van der Waals surface area contributed by atoms with Crippen LogP contribution in [0.15, 0.2) is 60.2 Å². The Morgan fingerprint density at radius 2 is 1.61 bits per heavy atom. The highest BCUT2D eigenvalue weighted by Gasteiger charge is 2.60. The van der Waals surface area contributed by atoms with Gasteiger partial charge < -0.3 is 0 Å². The molecule has 1 atom stereocenters. The highest BCUT2D eigenvalue weighted by Crippen LogP contribution is 2.55. The van der Waals surface area contributed by atoms with Crippen LogP contribution < -0.4 is 0 Å². The summed E-state index contributed by atoms with van der Waals surface area (Å²) in [7, 11) is 0. The van der Waals surface area contributed by atoms with Crippen LogP contribution in [-0.4, -0.2) is 16.3 Å². The van der Waals surface area contributed by atoms with Crippen molar-refractivity contribution >= 4 is 11.9 Å². The predicted octanol–water partition coefficient (Wildman–Crippen LogP) is 6.50. The lowest BCUT2D eigenvalue weighted by Gasteiger charge is -2.42. The summed E-state index contributed by atoms with van der Waals surface area (Å²) < 4.78 is 2.58. The average molecular weight is 371 g/mol. The van der Waals surface area contributed by atoms with Crippen LogP contribution in [0.1, 0.15) is 62.6 Å². The summed E-state index contributed by atoms with van der Waals surface area (Å²) in [6.45, 7) is 7.02. The van der Waals surface area contributed by atoms with Gasteiger partial charge in [-0.15, -0.1) is 0 Å². The Bertz CT molecular complexity index is 954. The average Bonchev–Trinajstić information content (AvgIpc) is 2.98. The van der Waals surface area contributed by atoms with Crippen molar-refractivity contribution in [3.05, 3.63) is 76.9 Å². The Morgan fingerprint density at radius 3 is 2.36 bits per heavy atom. The van der Waals surface area contributed by atoms with Gasteiger partial charge >= 0.3 is 0 Å². The molecule has 2 aromatic carbocycles. The van der Waals surface area contributed by atoms with E-state index in [1.54, 1.807) is 11.1 Å². The molecular formula is C27H32N+. The van der Waals surface area contributed by atoms with Crippen LogP contribution in [0, 0.1) is 12.8 Å². The molecule has 1 aliphatic heterocycles. The quantitative estimate of drug-likeness (QED) is 0.419. The van der Waals surface area contributed by atoms with E-state index in [0.29, 0.717) is 5.92 Å². The molecule has 3 aliphatic rings. The van der Waals surface area contributed by atoms with Crippen molar-refractivity contribution in [2.45, 2.75) is 70.3 Å². The zero-order valence-corrected chi connectivity index (χ0v) is 17.5. The third-order valence-corrected chi connectivity index (χ3v) is 7.59. The van der Waals surface area contributed by atoms with E-state index in [-0.39, 0.29) is 11.0 Å². The van der Waals surface area contributed by atoms with Crippen LogP contribution >= 0.6 is 0 Å². The Balaban J connectivity index is 1.76. The van der Waals surface area contributed by atoms with Gasteiger partial charge in [0.1, 0.15) is 5.41 Å². The number of fused-ring (bicyclic) bond motifs is 3. The minimum atomic E-state index is 0.000235. The van der Waals surface area contributed by atoms with Crippen LogP contribution in [0.5, 0.6) is 0 Å². The molecule has 1 heterocycles. The van der Waals surface area contributed by atoms with E-state index in [1.807, 2.05) is 0 Å². The Hall–Kier alpha value is -2.15. The highest BCUT2D eigenvalue weighted by molar-refractivity contribution is 5.83. The zero-order valence-electron chi connectivity index (χ0n) is 17.5. The first kappa shape index (κ1) is 17.9. The van der Waals surface area contributed by atoms with E-state index in [9.17, 15) is 0 Å². The van der Waals surface area contributed by atoms with Crippen LogP contribution in [-0.2, 0) is 11.8 Å². The lowest BCUT2D eigenvalue weighted by molar-refractivity contribution is -0.501. The number of benzene rings is 2. The third kappa shape index (κ3) is 2.48. The molecule has 0 unspecified atom stereocenters. The Kier molecular flexibility index (Phi) is 4.12. The SMILES string of the molecule is Cc1ccc([N+]2=C[C@]3(C4CCCCC4)C(=CCc4ccccc43)C2(C)C)cc1. The van der Waals surface area contributed by atoms with E-state index in [2.05, 4.69) is 86.2 Å². The number of hydrogen-bond donors (Lipinski definition) is 0. The molecule has 2 aromatic rings. The number of nitrogens with zero attached hydrogens (tertiary/aromatic N) is 1. The summed E-state index contributed by atoms with van der Waals surface area (Å²) in [4.78, 5) is 0. The molecule has 0 radical (unpaired) electrons. The molecule has 0 amide bonds. The molecule has 5 rings (SSSR count). The van der Waals surface area contributed by atoms with Crippen molar-refractivity contribution in [1.29, 1.82) is 0 Å². The van der Waals surface area contributed by atoms with Gasteiger partial charge in [0.05, 0.1) is 0 Å². The van der Waals surface area contributed by atoms with E-state index < -0.39 is 0 Å². The van der Waals surface area contributed by atoms with Gasteiger partial charge in [-0.05, 0) is 43.2 Å². The molecule has 1 heteroatoms. The monoisotopic (exact) mass is 370 g/mol. The van der Waals surface area contributed by atoms with Crippen LogP contribution in [0.25, 0.3) is 0 Å². The molecular weight excluding hydrogens is 338 g/mol. The lowest BCUT2D eigenvalue weighted by Crippen LogP contribution is -2.44. The molecule has 1 fully saturated rings. The van der Waals surface area contributed by atoms with Gasteiger partial charge in [-0.1, -0.05) is 67.3 Å². The summed E-state index contributed by atoms with van der Waals surface area (Å²) in [6, 6.07) is 18.3. The molecule has 144 valence electrons. The van der Waals surface area contributed by atoms with Crippen molar-refractivity contribution in [2.24, 2.45) is 5.92 Å². The summed E-state index contributed by atoms with van der Waals surface area (Å²) in [5.41, 5.74) is 7.43. The van der Waals surface area contributed by atoms with Crippen molar-refractivity contribution in [3.63, 3.8) is 0 Å². The third-order valence-electron chi connectivity index (χ3n) is 7.59. The highest BCUT2D eigenvalue weighted by atomic mass is 15.1. The zero-order chi connectivity index (χ0) is 19.4. The summed E-state index contributed by atoms with van der Waals surface area (Å²) in [6.07, 6.45) is 13.1. The minimum absolute atomic E-state index is 0.000235. The molecule has 1 saturated carbocycles. The molecule has 28 heavy (non-hydrogen) atoms. The lowest BCUT2D eigenvalue weighted by atomic mass is 9.57. The summed E-state index contributed by atoms with van der Waals surface area (Å²) in [5, 5.41) is 0. The van der Waals surface area contributed by atoms with Gasteiger partial charge in [-0.3, -0.25) is 0 Å². The van der Waals surface area contributed by atoms with Gasteiger partial charge in [-0.2, -0.15) is 4.58 Å². The maximum Gasteiger partial charge on any atom is 0.205 e. The van der Waals surface area contributed by atoms with E-state index >= 15 is 0 Å². The summed E-state index contributed by atoms with van der Waals surface area (Å²) >= 11 is 0. The van der Waals surface area contributed by atoms with Gasteiger partial charge in [0, 0.05) is 31.6 Å².